The Hall–Kier alpha value is -1.63. The Bertz CT molecular complexity index is 737. The van der Waals surface area contributed by atoms with Crippen LogP contribution in [-0.2, 0) is 16.1 Å². The van der Waals surface area contributed by atoms with Gasteiger partial charge in [-0.2, -0.15) is 0 Å². The topological polar surface area (TPSA) is 64.7 Å². The third-order valence-corrected chi connectivity index (χ3v) is 6.74. The predicted molar refractivity (Wildman–Crippen MR) is 114 cm³/mol. The van der Waals surface area contributed by atoms with Gasteiger partial charge >= 0.3 is 0 Å². The van der Waals surface area contributed by atoms with Gasteiger partial charge in [-0.15, -0.1) is 0 Å². The fourth-order valence-electron chi connectivity index (χ4n) is 4.89. The van der Waals surface area contributed by atoms with Gasteiger partial charge in [-0.05, 0) is 49.8 Å². The van der Waals surface area contributed by atoms with Gasteiger partial charge in [0.15, 0.2) is 0 Å². The summed E-state index contributed by atoms with van der Waals surface area (Å²) in [5.41, 5.74) is 1.15. The number of hydrogen-bond acceptors (Lipinski definition) is 4. The monoisotopic (exact) mass is 418 g/mol. The molecule has 3 aliphatic heterocycles. The predicted octanol–water partition coefficient (Wildman–Crippen LogP) is 2.16. The van der Waals surface area contributed by atoms with Gasteiger partial charge in [0.1, 0.15) is 0 Å². The van der Waals surface area contributed by atoms with E-state index in [0.29, 0.717) is 13.0 Å². The highest BCUT2D eigenvalue weighted by Crippen LogP contribution is 2.26. The molecule has 0 saturated carbocycles. The summed E-state index contributed by atoms with van der Waals surface area (Å²) in [6.07, 6.45) is 5.68. The summed E-state index contributed by atoms with van der Waals surface area (Å²) in [4.78, 5) is 29.3. The lowest BCUT2D eigenvalue weighted by Gasteiger charge is -2.37. The Morgan fingerprint density at radius 3 is 2.86 bits per heavy atom. The maximum absolute atomic E-state index is 12.5. The van der Waals surface area contributed by atoms with E-state index < -0.39 is 0 Å². The highest BCUT2D eigenvalue weighted by molar-refractivity contribution is 6.30. The lowest BCUT2D eigenvalue weighted by molar-refractivity contribution is -0.133. The van der Waals surface area contributed by atoms with Crippen LogP contribution < -0.4 is 10.6 Å². The van der Waals surface area contributed by atoms with Crippen molar-refractivity contribution in [2.75, 3.05) is 26.2 Å². The molecule has 29 heavy (non-hydrogen) atoms. The lowest BCUT2D eigenvalue weighted by Crippen LogP contribution is -2.58. The second-order valence-corrected chi connectivity index (χ2v) is 8.97. The average Bonchev–Trinajstić information content (AvgIpc) is 3.18. The van der Waals surface area contributed by atoms with Crippen LogP contribution in [0.25, 0.3) is 0 Å². The quantitative estimate of drug-likeness (QED) is 0.743. The van der Waals surface area contributed by atoms with Crippen molar-refractivity contribution in [1.29, 1.82) is 0 Å². The van der Waals surface area contributed by atoms with Crippen molar-refractivity contribution in [2.45, 2.75) is 63.2 Å². The van der Waals surface area contributed by atoms with Gasteiger partial charge in [0.25, 0.3) is 0 Å². The van der Waals surface area contributed by atoms with E-state index in [4.69, 9.17) is 11.6 Å². The van der Waals surface area contributed by atoms with E-state index in [2.05, 4.69) is 21.6 Å². The molecule has 6 nitrogen and oxygen atoms in total. The van der Waals surface area contributed by atoms with Crippen LogP contribution in [-0.4, -0.2) is 65.9 Å². The van der Waals surface area contributed by atoms with Crippen LogP contribution in [0.3, 0.4) is 0 Å². The zero-order valence-electron chi connectivity index (χ0n) is 16.9. The average molecular weight is 419 g/mol. The number of fused-ring (bicyclic) bond motifs is 1. The maximum atomic E-state index is 12.5. The summed E-state index contributed by atoms with van der Waals surface area (Å²) >= 11 is 6.07. The molecule has 3 fully saturated rings. The van der Waals surface area contributed by atoms with Crippen LogP contribution in [0, 0.1) is 0 Å². The summed E-state index contributed by atoms with van der Waals surface area (Å²) in [6.45, 7) is 4.04. The van der Waals surface area contributed by atoms with Crippen molar-refractivity contribution in [1.82, 2.24) is 20.4 Å². The van der Waals surface area contributed by atoms with E-state index in [1.165, 1.54) is 6.42 Å². The van der Waals surface area contributed by atoms with E-state index in [9.17, 15) is 9.59 Å². The Labute approximate surface area is 177 Å². The molecule has 7 heteroatoms. The minimum absolute atomic E-state index is 0.0873. The van der Waals surface area contributed by atoms with Crippen molar-refractivity contribution >= 4 is 23.4 Å². The van der Waals surface area contributed by atoms with Crippen LogP contribution in [0.1, 0.15) is 44.1 Å². The molecule has 3 aliphatic rings. The minimum atomic E-state index is -0.0873. The van der Waals surface area contributed by atoms with Gasteiger partial charge in [-0.1, -0.05) is 23.7 Å². The Balaban J connectivity index is 1.30. The fourth-order valence-corrected chi connectivity index (χ4v) is 5.11. The minimum Gasteiger partial charge on any atom is -0.353 e. The number of nitrogens with zero attached hydrogens (tertiary/aromatic N) is 2. The normalized spacial score (nSPS) is 27.6. The van der Waals surface area contributed by atoms with Crippen LogP contribution >= 0.6 is 11.6 Å². The summed E-state index contributed by atoms with van der Waals surface area (Å²) in [6, 6.07) is 8.28. The fraction of sp³-hybridized carbons (Fsp3) is 0.636. The molecule has 0 spiro atoms. The van der Waals surface area contributed by atoms with Gasteiger partial charge in [0.2, 0.25) is 11.8 Å². The first-order chi connectivity index (χ1) is 14.1. The smallest absolute Gasteiger partial charge is 0.237 e. The van der Waals surface area contributed by atoms with Crippen LogP contribution in [0.2, 0.25) is 5.02 Å². The molecule has 3 heterocycles. The van der Waals surface area contributed by atoms with Crippen molar-refractivity contribution in [2.24, 2.45) is 0 Å². The third-order valence-electron chi connectivity index (χ3n) is 6.51. The molecular formula is C22H31ClN4O2. The largest absolute Gasteiger partial charge is 0.353 e. The van der Waals surface area contributed by atoms with Gasteiger partial charge in [0.05, 0.1) is 6.04 Å². The van der Waals surface area contributed by atoms with Gasteiger partial charge in [-0.25, -0.2) is 0 Å². The number of piperazine rings is 1. The Kier molecular flexibility index (Phi) is 6.73. The lowest BCUT2D eigenvalue weighted by atomic mass is 10.0. The molecular weight excluding hydrogens is 388 g/mol. The molecule has 2 N–H and O–H groups in total. The second kappa shape index (κ2) is 9.45. The highest BCUT2D eigenvalue weighted by atomic mass is 35.5. The Morgan fingerprint density at radius 2 is 2.07 bits per heavy atom. The van der Waals surface area contributed by atoms with Gasteiger partial charge < -0.3 is 15.5 Å². The maximum Gasteiger partial charge on any atom is 0.237 e. The number of halogens is 1. The molecule has 0 radical (unpaired) electrons. The molecule has 2 amide bonds. The van der Waals surface area contributed by atoms with Gasteiger partial charge in [0, 0.05) is 56.3 Å². The zero-order chi connectivity index (χ0) is 20.2. The van der Waals surface area contributed by atoms with Crippen LogP contribution in [0.15, 0.2) is 24.3 Å². The molecule has 3 atom stereocenters. The first kappa shape index (κ1) is 20.6. The number of likely N-dealkylation sites (tertiary alicyclic amines) is 1. The Morgan fingerprint density at radius 1 is 1.24 bits per heavy atom. The zero-order valence-corrected chi connectivity index (χ0v) is 17.7. The summed E-state index contributed by atoms with van der Waals surface area (Å²) in [5, 5.41) is 7.38. The molecule has 0 aliphatic carbocycles. The van der Waals surface area contributed by atoms with E-state index in [0.717, 1.165) is 62.4 Å². The molecule has 0 unspecified atom stereocenters. The molecule has 158 valence electrons. The number of hydrogen-bond donors (Lipinski definition) is 2. The third kappa shape index (κ3) is 5.11. The first-order valence-corrected chi connectivity index (χ1v) is 11.3. The number of amides is 2. The number of carbonyl (C=O) groups excluding carboxylic acids is 2. The standard InChI is InChI=1S/C22H31ClN4O2/c23-17-6-4-5-16(11-17)13-24-18-12-20-22(29)25-14-19(27(20)15-18)7-8-21(28)26-9-2-1-3-10-26/h4-6,11,18-20,24H,1-3,7-10,12-15H2,(H,25,29)/t18-,19+,20-/m0/s1. The van der Waals surface area contributed by atoms with Crippen LogP contribution in [0.5, 0.6) is 0 Å². The molecule has 1 aromatic carbocycles. The second-order valence-electron chi connectivity index (χ2n) is 8.54. The van der Waals surface area contributed by atoms with Gasteiger partial charge in [-0.3, -0.25) is 14.5 Å². The van der Waals surface area contributed by atoms with E-state index in [1.807, 2.05) is 23.1 Å². The summed E-state index contributed by atoms with van der Waals surface area (Å²) in [5.74, 6) is 0.392. The van der Waals surface area contributed by atoms with Crippen molar-refractivity contribution in [3.8, 4) is 0 Å². The molecule has 1 aromatic rings. The number of carbonyl (C=O) groups is 2. The number of piperidine rings is 1. The number of nitrogens with one attached hydrogen (secondary N) is 2. The van der Waals surface area contributed by atoms with E-state index >= 15 is 0 Å². The molecule has 0 aromatic heterocycles. The van der Waals surface area contributed by atoms with E-state index in [-0.39, 0.29) is 29.9 Å². The number of benzene rings is 1. The van der Waals surface area contributed by atoms with Crippen molar-refractivity contribution < 1.29 is 9.59 Å². The summed E-state index contributed by atoms with van der Waals surface area (Å²) in [7, 11) is 0. The number of rotatable bonds is 6. The molecule has 4 rings (SSSR count). The van der Waals surface area contributed by atoms with Crippen molar-refractivity contribution in [3.05, 3.63) is 34.9 Å². The molecule has 3 saturated heterocycles. The summed E-state index contributed by atoms with van der Waals surface area (Å²) < 4.78 is 0. The first-order valence-electron chi connectivity index (χ1n) is 10.9. The highest BCUT2D eigenvalue weighted by Gasteiger charge is 2.43. The molecule has 0 bridgehead atoms. The SMILES string of the molecule is O=C1NC[C@@H](CCC(=O)N2CCCCC2)N2C[C@@H](NCc3cccc(Cl)c3)C[C@@H]12. The van der Waals surface area contributed by atoms with E-state index in [1.54, 1.807) is 0 Å². The van der Waals surface area contributed by atoms with Crippen LogP contribution in [0.4, 0.5) is 0 Å². The van der Waals surface area contributed by atoms with Crippen molar-refractivity contribution in [3.63, 3.8) is 0 Å².